The van der Waals surface area contributed by atoms with E-state index in [1.165, 1.54) is 11.8 Å². The summed E-state index contributed by atoms with van der Waals surface area (Å²) in [5.74, 6) is 0.153. The zero-order valence-corrected chi connectivity index (χ0v) is 13.0. The summed E-state index contributed by atoms with van der Waals surface area (Å²) >= 11 is 7.30. The van der Waals surface area contributed by atoms with E-state index < -0.39 is 0 Å². The first-order valence-electron chi connectivity index (χ1n) is 6.02. The molecule has 0 spiro atoms. The number of aryl methyl sites for hydroxylation is 2. The van der Waals surface area contributed by atoms with Crippen LogP contribution in [0.1, 0.15) is 11.4 Å². The van der Waals surface area contributed by atoms with Crippen LogP contribution in [-0.2, 0) is 11.8 Å². The second kappa shape index (κ2) is 6.28. The van der Waals surface area contributed by atoms with Gasteiger partial charge in [0.25, 0.3) is 0 Å². The third-order valence-electron chi connectivity index (χ3n) is 2.84. The van der Waals surface area contributed by atoms with Gasteiger partial charge in [-0.1, -0.05) is 23.4 Å². The highest BCUT2D eigenvalue weighted by atomic mass is 35.5. The third-order valence-corrected chi connectivity index (χ3v) is 4.26. The van der Waals surface area contributed by atoms with Gasteiger partial charge in [-0.3, -0.25) is 9.48 Å². The van der Waals surface area contributed by atoms with Gasteiger partial charge < -0.3 is 5.32 Å². The van der Waals surface area contributed by atoms with Crippen molar-refractivity contribution in [2.24, 2.45) is 7.05 Å². The second-order valence-corrected chi connectivity index (χ2v) is 5.67. The lowest BCUT2D eigenvalue weighted by atomic mass is 10.3. The zero-order valence-electron chi connectivity index (χ0n) is 11.5. The lowest BCUT2D eigenvalue weighted by molar-refractivity contribution is -0.113. The molecular formula is C13H15ClN4OS. The molecule has 0 aliphatic rings. The van der Waals surface area contributed by atoms with Crippen molar-refractivity contribution < 1.29 is 4.79 Å². The molecule has 5 nitrogen and oxygen atoms in total. The van der Waals surface area contributed by atoms with E-state index in [4.69, 9.17) is 11.6 Å². The van der Waals surface area contributed by atoms with Gasteiger partial charge in [-0.25, -0.2) is 4.98 Å². The molecule has 0 bridgehead atoms. The number of carbonyl (C=O) groups excluding carboxylic acids is 1. The van der Waals surface area contributed by atoms with Crippen LogP contribution >= 0.6 is 23.4 Å². The Morgan fingerprint density at radius 1 is 1.50 bits per heavy atom. The molecule has 20 heavy (non-hydrogen) atoms. The van der Waals surface area contributed by atoms with Crippen molar-refractivity contribution in [1.29, 1.82) is 0 Å². The van der Waals surface area contributed by atoms with Crippen LogP contribution in [0.25, 0.3) is 0 Å². The Morgan fingerprint density at radius 2 is 2.25 bits per heavy atom. The molecular weight excluding hydrogens is 296 g/mol. The van der Waals surface area contributed by atoms with E-state index in [1.54, 1.807) is 23.0 Å². The number of aromatic nitrogens is 3. The van der Waals surface area contributed by atoms with Crippen LogP contribution in [0.15, 0.2) is 23.4 Å². The Kier molecular flexibility index (Phi) is 4.67. The van der Waals surface area contributed by atoms with Gasteiger partial charge in [0, 0.05) is 13.2 Å². The quantitative estimate of drug-likeness (QED) is 0.882. The number of hydrogen-bond acceptors (Lipinski definition) is 4. The number of anilines is 1. The van der Waals surface area contributed by atoms with Crippen LogP contribution in [0.5, 0.6) is 0 Å². The van der Waals surface area contributed by atoms with E-state index in [0.29, 0.717) is 10.0 Å². The maximum absolute atomic E-state index is 12.0. The van der Waals surface area contributed by atoms with Crippen molar-refractivity contribution in [1.82, 2.24) is 14.8 Å². The standard InChI is InChI=1S/C13H15ClN4OS/c1-8-12(9(2)18(3)17-8)16-11(19)7-20-13-10(14)5-4-6-15-13/h4-6H,7H2,1-3H3,(H,16,19). The summed E-state index contributed by atoms with van der Waals surface area (Å²) in [5, 5.41) is 8.34. The van der Waals surface area contributed by atoms with Gasteiger partial charge in [0.1, 0.15) is 5.03 Å². The first kappa shape index (κ1) is 14.9. The lowest BCUT2D eigenvalue weighted by Crippen LogP contribution is -2.15. The van der Waals surface area contributed by atoms with E-state index in [2.05, 4.69) is 15.4 Å². The summed E-state index contributed by atoms with van der Waals surface area (Å²) in [6, 6.07) is 3.51. The molecule has 0 saturated heterocycles. The van der Waals surface area contributed by atoms with Crippen LogP contribution in [0, 0.1) is 13.8 Å². The summed E-state index contributed by atoms with van der Waals surface area (Å²) < 4.78 is 1.74. The van der Waals surface area contributed by atoms with Crippen LogP contribution in [0.3, 0.4) is 0 Å². The molecule has 0 fully saturated rings. The number of nitrogens with zero attached hydrogens (tertiary/aromatic N) is 3. The molecule has 0 atom stereocenters. The highest BCUT2D eigenvalue weighted by Gasteiger charge is 2.13. The van der Waals surface area contributed by atoms with Gasteiger partial charge in [-0.15, -0.1) is 0 Å². The van der Waals surface area contributed by atoms with Crippen molar-refractivity contribution in [2.75, 3.05) is 11.1 Å². The molecule has 7 heteroatoms. The molecule has 2 aromatic rings. The van der Waals surface area contributed by atoms with E-state index in [0.717, 1.165) is 17.1 Å². The molecule has 0 aromatic carbocycles. The number of rotatable bonds is 4. The number of hydrogen-bond donors (Lipinski definition) is 1. The Balaban J connectivity index is 1.98. The predicted octanol–water partition coefficient (Wildman–Crippen LogP) is 2.82. The number of thioether (sulfide) groups is 1. The Labute approximate surface area is 126 Å². The van der Waals surface area contributed by atoms with E-state index >= 15 is 0 Å². The summed E-state index contributed by atoms with van der Waals surface area (Å²) in [4.78, 5) is 16.1. The van der Waals surface area contributed by atoms with Crippen molar-refractivity contribution in [3.05, 3.63) is 34.7 Å². The highest BCUT2D eigenvalue weighted by Crippen LogP contribution is 2.24. The van der Waals surface area contributed by atoms with Crippen LogP contribution in [0.2, 0.25) is 5.02 Å². The van der Waals surface area contributed by atoms with Gasteiger partial charge in [0.15, 0.2) is 0 Å². The third kappa shape index (κ3) is 3.32. The molecule has 2 heterocycles. The molecule has 106 valence electrons. The first-order chi connectivity index (χ1) is 9.49. The molecule has 0 radical (unpaired) electrons. The maximum Gasteiger partial charge on any atom is 0.234 e. The fraction of sp³-hybridized carbons (Fsp3) is 0.308. The Morgan fingerprint density at radius 3 is 2.85 bits per heavy atom. The highest BCUT2D eigenvalue weighted by molar-refractivity contribution is 8.00. The fourth-order valence-corrected chi connectivity index (χ4v) is 2.71. The predicted molar refractivity (Wildman–Crippen MR) is 81.3 cm³/mol. The molecule has 2 aromatic heterocycles. The number of halogens is 1. The molecule has 0 aliphatic heterocycles. The fourth-order valence-electron chi connectivity index (χ4n) is 1.74. The Hall–Kier alpha value is -1.53. The molecule has 0 aliphatic carbocycles. The maximum atomic E-state index is 12.0. The van der Waals surface area contributed by atoms with Crippen LogP contribution < -0.4 is 5.32 Å². The number of carbonyl (C=O) groups is 1. The molecule has 2 rings (SSSR count). The topological polar surface area (TPSA) is 59.8 Å². The number of pyridine rings is 1. The minimum atomic E-state index is -0.101. The van der Waals surface area contributed by atoms with Crippen molar-refractivity contribution in [2.45, 2.75) is 18.9 Å². The van der Waals surface area contributed by atoms with Gasteiger partial charge in [-0.05, 0) is 26.0 Å². The van der Waals surface area contributed by atoms with E-state index in [1.807, 2.05) is 20.9 Å². The lowest BCUT2D eigenvalue weighted by Gasteiger charge is -2.06. The minimum absolute atomic E-state index is 0.101. The molecule has 0 unspecified atom stereocenters. The van der Waals surface area contributed by atoms with Crippen molar-refractivity contribution in [3.8, 4) is 0 Å². The van der Waals surface area contributed by atoms with Crippen LogP contribution in [0.4, 0.5) is 5.69 Å². The summed E-state index contributed by atoms with van der Waals surface area (Å²) in [5.41, 5.74) is 2.50. The largest absolute Gasteiger partial charge is 0.322 e. The van der Waals surface area contributed by atoms with Gasteiger partial charge in [-0.2, -0.15) is 5.10 Å². The van der Waals surface area contributed by atoms with Crippen LogP contribution in [-0.4, -0.2) is 26.4 Å². The smallest absolute Gasteiger partial charge is 0.234 e. The number of nitrogens with one attached hydrogen (secondary N) is 1. The second-order valence-electron chi connectivity index (χ2n) is 4.30. The number of amides is 1. The zero-order chi connectivity index (χ0) is 14.7. The van der Waals surface area contributed by atoms with E-state index in [-0.39, 0.29) is 11.7 Å². The van der Waals surface area contributed by atoms with Gasteiger partial charge in [0.05, 0.1) is 27.9 Å². The SMILES string of the molecule is Cc1nn(C)c(C)c1NC(=O)CSc1ncccc1Cl. The minimum Gasteiger partial charge on any atom is -0.322 e. The average molecular weight is 311 g/mol. The van der Waals surface area contributed by atoms with Crippen molar-refractivity contribution in [3.63, 3.8) is 0 Å². The Bertz CT molecular complexity index is 641. The van der Waals surface area contributed by atoms with Crippen molar-refractivity contribution >= 4 is 35.0 Å². The van der Waals surface area contributed by atoms with Gasteiger partial charge in [0.2, 0.25) is 5.91 Å². The molecule has 0 saturated carbocycles. The normalized spacial score (nSPS) is 10.6. The first-order valence-corrected chi connectivity index (χ1v) is 7.38. The average Bonchev–Trinajstić information content (AvgIpc) is 2.64. The summed E-state index contributed by atoms with van der Waals surface area (Å²) in [6.45, 7) is 3.78. The van der Waals surface area contributed by atoms with Gasteiger partial charge >= 0.3 is 0 Å². The molecule has 1 amide bonds. The summed E-state index contributed by atoms with van der Waals surface area (Å²) in [7, 11) is 1.85. The molecule has 1 N–H and O–H groups in total. The summed E-state index contributed by atoms with van der Waals surface area (Å²) in [6.07, 6.45) is 1.65. The van der Waals surface area contributed by atoms with E-state index in [9.17, 15) is 4.79 Å². The monoisotopic (exact) mass is 310 g/mol.